The molecular weight excluding hydrogens is 284 g/mol. The molecule has 4 nitrogen and oxygen atoms in total. The number of hydrogen-bond donors (Lipinski definition) is 0. The number of hydrogen-bond acceptors (Lipinski definition) is 3. The van der Waals surface area contributed by atoms with Crippen molar-refractivity contribution in [2.45, 2.75) is 19.3 Å². The third kappa shape index (κ3) is 5.65. The fraction of sp³-hybridized carbons (Fsp3) is 0.375. The van der Waals surface area contributed by atoms with Crippen LogP contribution in [0.4, 0.5) is 0 Å². The molecule has 1 amide bonds. The average Bonchev–Trinajstić information content (AvgIpc) is 2.89. The van der Waals surface area contributed by atoms with Crippen LogP contribution in [-0.4, -0.2) is 23.7 Å². The van der Waals surface area contributed by atoms with Gasteiger partial charge in [-0.05, 0) is 18.4 Å². The number of thiazole rings is 1. The van der Waals surface area contributed by atoms with Crippen molar-refractivity contribution in [1.29, 1.82) is 0 Å². The van der Waals surface area contributed by atoms with E-state index in [1.54, 1.807) is 0 Å². The summed E-state index contributed by atoms with van der Waals surface area (Å²) in [5.74, 6) is -0.0836. The molecule has 1 aromatic carbocycles. The van der Waals surface area contributed by atoms with E-state index in [0.717, 1.165) is 11.2 Å². The molecule has 2 rings (SSSR count). The second-order valence-electron chi connectivity index (χ2n) is 4.75. The number of aryl methyl sites for hydroxylation is 1. The minimum Gasteiger partial charge on any atom is -0.381 e. The van der Waals surface area contributed by atoms with Crippen molar-refractivity contribution in [3.05, 3.63) is 52.3 Å². The van der Waals surface area contributed by atoms with Crippen molar-refractivity contribution in [2.75, 3.05) is 13.2 Å². The maximum absolute atomic E-state index is 11.7. The normalized spacial score (nSPS) is 11.8. The van der Waals surface area contributed by atoms with Crippen LogP contribution in [0.25, 0.3) is 0 Å². The number of rotatable bonds is 7. The van der Waals surface area contributed by atoms with E-state index in [9.17, 15) is 4.79 Å². The summed E-state index contributed by atoms with van der Waals surface area (Å²) in [5, 5.41) is 1.92. The van der Waals surface area contributed by atoms with E-state index in [-0.39, 0.29) is 5.91 Å². The molecule has 0 bridgehead atoms. The number of amides is 1. The largest absolute Gasteiger partial charge is 0.381 e. The Hall–Kier alpha value is -1.72. The molecule has 0 saturated heterocycles. The predicted molar refractivity (Wildman–Crippen MR) is 84.1 cm³/mol. The Morgan fingerprint density at radius 2 is 2.10 bits per heavy atom. The van der Waals surface area contributed by atoms with E-state index < -0.39 is 0 Å². The molecular formula is C16H20N2O2S. The third-order valence-corrected chi connectivity index (χ3v) is 3.89. The minimum absolute atomic E-state index is 0.0836. The van der Waals surface area contributed by atoms with Gasteiger partial charge in [-0.3, -0.25) is 4.79 Å². The minimum atomic E-state index is -0.0836. The molecule has 0 fully saturated rings. The molecule has 0 N–H and O–H groups in total. The van der Waals surface area contributed by atoms with Gasteiger partial charge in [0.25, 0.3) is 0 Å². The first kappa shape index (κ1) is 15.7. The molecule has 0 aliphatic heterocycles. The highest BCUT2D eigenvalue weighted by Gasteiger charge is 2.00. The van der Waals surface area contributed by atoms with E-state index in [2.05, 4.69) is 17.1 Å². The molecule has 0 aliphatic rings. The van der Waals surface area contributed by atoms with Crippen molar-refractivity contribution < 1.29 is 9.53 Å². The maximum Gasteiger partial charge on any atom is 0.248 e. The van der Waals surface area contributed by atoms with Gasteiger partial charge in [0.1, 0.15) is 0 Å². The van der Waals surface area contributed by atoms with Crippen molar-refractivity contribution >= 4 is 17.2 Å². The third-order valence-electron chi connectivity index (χ3n) is 3.04. The van der Waals surface area contributed by atoms with Gasteiger partial charge in [0, 0.05) is 31.7 Å². The molecule has 112 valence electrons. The Kier molecular flexibility index (Phi) is 6.37. The van der Waals surface area contributed by atoms with Crippen LogP contribution in [0, 0.1) is 0 Å². The molecule has 5 heteroatoms. The lowest BCUT2D eigenvalue weighted by Gasteiger charge is -2.03. The van der Waals surface area contributed by atoms with Gasteiger partial charge in [0.15, 0.2) is 4.80 Å². The number of carbonyl (C=O) groups is 1. The van der Waals surface area contributed by atoms with Crippen LogP contribution >= 0.6 is 11.3 Å². The van der Waals surface area contributed by atoms with Crippen molar-refractivity contribution in [2.24, 2.45) is 12.0 Å². The summed E-state index contributed by atoms with van der Waals surface area (Å²) in [6, 6.07) is 10.2. The molecule has 2 aromatic rings. The van der Waals surface area contributed by atoms with Crippen LogP contribution in [0.1, 0.15) is 18.4 Å². The quantitative estimate of drug-likeness (QED) is 0.738. The first-order chi connectivity index (χ1) is 10.3. The molecule has 0 aliphatic carbocycles. The molecule has 0 radical (unpaired) electrons. The average molecular weight is 304 g/mol. The lowest BCUT2D eigenvalue weighted by atomic mass is 10.2. The van der Waals surface area contributed by atoms with Crippen LogP contribution in [-0.2, 0) is 23.0 Å². The lowest BCUT2D eigenvalue weighted by Crippen LogP contribution is -2.12. The summed E-state index contributed by atoms with van der Waals surface area (Å²) >= 11 is 1.47. The Morgan fingerprint density at radius 3 is 2.81 bits per heavy atom. The van der Waals surface area contributed by atoms with Crippen LogP contribution in [0.15, 0.2) is 46.9 Å². The lowest BCUT2D eigenvalue weighted by molar-refractivity contribution is -0.118. The highest BCUT2D eigenvalue weighted by molar-refractivity contribution is 7.07. The summed E-state index contributed by atoms with van der Waals surface area (Å²) in [4.78, 5) is 16.5. The number of nitrogens with zero attached hydrogens (tertiary/aromatic N) is 2. The van der Waals surface area contributed by atoms with E-state index in [1.165, 1.54) is 16.9 Å². The molecule has 0 atom stereocenters. The SMILES string of the molecule is Cn1ccsc1=NC(=O)CCCOCCc1ccccc1. The zero-order valence-electron chi connectivity index (χ0n) is 12.2. The summed E-state index contributed by atoms with van der Waals surface area (Å²) in [7, 11) is 1.88. The summed E-state index contributed by atoms with van der Waals surface area (Å²) < 4.78 is 7.40. The Labute approximate surface area is 128 Å². The number of ether oxygens (including phenoxy) is 1. The zero-order valence-corrected chi connectivity index (χ0v) is 13.0. The Morgan fingerprint density at radius 1 is 1.29 bits per heavy atom. The monoisotopic (exact) mass is 304 g/mol. The maximum atomic E-state index is 11.7. The van der Waals surface area contributed by atoms with Gasteiger partial charge in [-0.15, -0.1) is 11.3 Å². The first-order valence-corrected chi connectivity index (χ1v) is 7.93. The number of carbonyl (C=O) groups excluding carboxylic acids is 1. The highest BCUT2D eigenvalue weighted by Crippen LogP contribution is 2.00. The number of benzene rings is 1. The Balaban J connectivity index is 1.60. The second-order valence-corrected chi connectivity index (χ2v) is 5.63. The number of aromatic nitrogens is 1. The zero-order chi connectivity index (χ0) is 14.9. The molecule has 1 aromatic heterocycles. The second kappa shape index (κ2) is 8.54. The van der Waals surface area contributed by atoms with E-state index in [4.69, 9.17) is 4.74 Å². The van der Waals surface area contributed by atoms with Gasteiger partial charge in [-0.2, -0.15) is 4.99 Å². The van der Waals surface area contributed by atoms with Crippen LogP contribution in [0.2, 0.25) is 0 Å². The van der Waals surface area contributed by atoms with Crippen molar-refractivity contribution in [3.63, 3.8) is 0 Å². The van der Waals surface area contributed by atoms with E-state index in [1.807, 2.05) is 41.4 Å². The summed E-state index contributed by atoms with van der Waals surface area (Å²) in [6.07, 6.45) is 3.95. The smallest absolute Gasteiger partial charge is 0.248 e. The Bertz CT molecular complexity index is 616. The van der Waals surface area contributed by atoms with Gasteiger partial charge < -0.3 is 9.30 Å². The van der Waals surface area contributed by atoms with Crippen LogP contribution in [0.3, 0.4) is 0 Å². The van der Waals surface area contributed by atoms with Crippen molar-refractivity contribution in [1.82, 2.24) is 4.57 Å². The van der Waals surface area contributed by atoms with Gasteiger partial charge in [0.2, 0.25) is 5.91 Å². The molecule has 0 unspecified atom stereocenters. The molecule has 0 spiro atoms. The topological polar surface area (TPSA) is 43.6 Å². The standard InChI is InChI=1S/C16H20N2O2S/c1-18-10-13-21-16(18)17-15(19)8-5-11-20-12-9-14-6-3-2-4-7-14/h2-4,6-7,10,13H,5,8-9,11-12H2,1H3. The van der Waals surface area contributed by atoms with Crippen molar-refractivity contribution in [3.8, 4) is 0 Å². The van der Waals surface area contributed by atoms with Crippen LogP contribution < -0.4 is 4.80 Å². The van der Waals surface area contributed by atoms with Gasteiger partial charge in [0.05, 0.1) is 6.61 Å². The predicted octanol–water partition coefficient (Wildman–Crippen LogP) is 2.55. The van der Waals surface area contributed by atoms with Gasteiger partial charge >= 0.3 is 0 Å². The molecule has 0 saturated carbocycles. The van der Waals surface area contributed by atoms with Gasteiger partial charge in [-0.25, -0.2) is 0 Å². The first-order valence-electron chi connectivity index (χ1n) is 7.05. The van der Waals surface area contributed by atoms with Crippen LogP contribution in [0.5, 0.6) is 0 Å². The fourth-order valence-electron chi connectivity index (χ4n) is 1.86. The molecule has 21 heavy (non-hydrogen) atoms. The van der Waals surface area contributed by atoms with E-state index in [0.29, 0.717) is 26.1 Å². The summed E-state index contributed by atoms with van der Waals surface area (Å²) in [5.41, 5.74) is 1.27. The van der Waals surface area contributed by atoms with E-state index >= 15 is 0 Å². The highest BCUT2D eigenvalue weighted by atomic mass is 32.1. The molecule has 1 heterocycles. The fourth-order valence-corrected chi connectivity index (χ4v) is 2.61. The van der Waals surface area contributed by atoms with Gasteiger partial charge in [-0.1, -0.05) is 30.3 Å². The summed E-state index contributed by atoms with van der Waals surface area (Å²) in [6.45, 7) is 1.29.